The van der Waals surface area contributed by atoms with Crippen molar-refractivity contribution in [3.8, 4) is 0 Å². The summed E-state index contributed by atoms with van der Waals surface area (Å²) in [5, 5.41) is 0. The molecule has 0 spiro atoms. The van der Waals surface area contributed by atoms with E-state index in [1.165, 1.54) is 28.7 Å². The molecule has 0 bridgehead atoms. The number of rotatable bonds is 2. The molecule has 15 heavy (non-hydrogen) atoms. The van der Waals surface area contributed by atoms with Gasteiger partial charge in [-0.25, -0.2) is 0 Å². The number of hydrogen-bond donors (Lipinski definition) is 0. The Morgan fingerprint density at radius 3 is 2.27 bits per heavy atom. The average molecular weight is 202 g/mol. The predicted molar refractivity (Wildman–Crippen MR) is 70.9 cm³/mol. The van der Waals surface area contributed by atoms with Crippen LogP contribution < -0.4 is 0 Å². The van der Waals surface area contributed by atoms with Crippen LogP contribution in [-0.2, 0) is 0 Å². The van der Waals surface area contributed by atoms with Gasteiger partial charge in [0.1, 0.15) is 0 Å². The minimum absolute atomic E-state index is 1.15. The van der Waals surface area contributed by atoms with E-state index in [1.807, 2.05) is 0 Å². The second-order valence-corrected chi connectivity index (χ2v) is 3.66. The van der Waals surface area contributed by atoms with Crippen molar-refractivity contribution in [3.05, 3.63) is 60.3 Å². The van der Waals surface area contributed by atoms with E-state index in [9.17, 15) is 0 Å². The van der Waals surface area contributed by atoms with E-state index in [2.05, 4.69) is 58.7 Å². The molecule has 0 aromatic rings. The van der Waals surface area contributed by atoms with Crippen LogP contribution in [0.25, 0.3) is 0 Å². The molecule has 1 aliphatic carbocycles. The molecule has 0 aliphatic heterocycles. The standard InChI is InChI=1S/C13H18.C2H4/c1-5-11(3)12(4)13-8-6-10(2)7-9-13;1-2/h5-6,8H,4,7,9H2,1-3H3;1-2H2/b11-5-;. The average Bonchev–Trinajstić information content (AvgIpc) is 2.31. The van der Waals surface area contributed by atoms with E-state index in [0.717, 1.165) is 6.42 Å². The summed E-state index contributed by atoms with van der Waals surface area (Å²) in [7, 11) is 0. The van der Waals surface area contributed by atoms with Crippen LogP contribution >= 0.6 is 0 Å². The summed E-state index contributed by atoms with van der Waals surface area (Å²) in [6.45, 7) is 16.5. The van der Waals surface area contributed by atoms with Crippen molar-refractivity contribution in [3.63, 3.8) is 0 Å². The van der Waals surface area contributed by atoms with E-state index >= 15 is 0 Å². The van der Waals surface area contributed by atoms with Crippen molar-refractivity contribution in [2.24, 2.45) is 0 Å². The summed E-state index contributed by atoms with van der Waals surface area (Å²) in [5.41, 5.74) is 5.35. The maximum atomic E-state index is 4.11. The largest absolute Gasteiger partial charge is 0.106 e. The third-order valence-corrected chi connectivity index (χ3v) is 2.65. The molecule has 82 valence electrons. The topological polar surface area (TPSA) is 0 Å². The van der Waals surface area contributed by atoms with Gasteiger partial charge in [0.2, 0.25) is 0 Å². The molecule has 0 radical (unpaired) electrons. The Labute approximate surface area is 94.4 Å². The third kappa shape index (κ3) is 4.16. The zero-order valence-corrected chi connectivity index (χ0v) is 10.3. The Hall–Kier alpha value is -1.30. The van der Waals surface area contributed by atoms with Crippen molar-refractivity contribution in [2.45, 2.75) is 33.6 Å². The van der Waals surface area contributed by atoms with Crippen molar-refractivity contribution < 1.29 is 0 Å². The summed E-state index contributed by atoms with van der Waals surface area (Å²) in [5.74, 6) is 0. The highest BCUT2D eigenvalue weighted by atomic mass is 14.1. The Balaban J connectivity index is 0.000000921. The predicted octanol–water partition coefficient (Wildman–Crippen LogP) is 4.98. The molecule has 0 N–H and O–H groups in total. The third-order valence-electron chi connectivity index (χ3n) is 2.65. The summed E-state index contributed by atoms with van der Waals surface area (Å²) in [6, 6.07) is 0. The first-order valence-corrected chi connectivity index (χ1v) is 5.34. The highest BCUT2D eigenvalue weighted by Crippen LogP contribution is 2.26. The van der Waals surface area contributed by atoms with Crippen molar-refractivity contribution in [2.75, 3.05) is 0 Å². The molecular formula is C15H22. The fourth-order valence-electron chi connectivity index (χ4n) is 1.42. The van der Waals surface area contributed by atoms with E-state index in [4.69, 9.17) is 0 Å². The molecule has 0 heteroatoms. The molecule has 1 aliphatic rings. The first-order chi connectivity index (χ1) is 7.15. The maximum absolute atomic E-state index is 4.11. The van der Waals surface area contributed by atoms with Crippen LogP contribution in [0.5, 0.6) is 0 Å². The van der Waals surface area contributed by atoms with Gasteiger partial charge >= 0.3 is 0 Å². The second kappa shape index (κ2) is 7.05. The van der Waals surface area contributed by atoms with Gasteiger partial charge in [-0.1, -0.05) is 30.4 Å². The first-order valence-electron chi connectivity index (χ1n) is 5.34. The van der Waals surface area contributed by atoms with Gasteiger partial charge in [-0.2, -0.15) is 0 Å². The highest BCUT2D eigenvalue weighted by molar-refractivity contribution is 5.46. The molecule has 0 saturated carbocycles. The monoisotopic (exact) mass is 202 g/mol. The summed E-state index contributed by atoms with van der Waals surface area (Å²) < 4.78 is 0. The molecule has 0 fully saturated rings. The molecule has 0 nitrogen and oxygen atoms in total. The normalized spacial score (nSPS) is 15.8. The molecule has 0 amide bonds. The molecule has 0 unspecified atom stereocenters. The number of allylic oxidation sites excluding steroid dienone is 7. The van der Waals surface area contributed by atoms with Gasteiger partial charge in [-0.3, -0.25) is 0 Å². The first kappa shape index (κ1) is 13.7. The van der Waals surface area contributed by atoms with Crippen LogP contribution in [0, 0.1) is 0 Å². The fraction of sp³-hybridized carbons (Fsp3) is 0.333. The smallest absolute Gasteiger partial charge is 0.0236 e. The van der Waals surface area contributed by atoms with E-state index in [0.29, 0.717) is 0 Å². The highest BCUT2D eigenvalue weighted by Gasteiger charge is 2.07. The minimum Gasteiger partial charge on any atom is -0.106 e. The molecule has 1 rings (SSSR count). The van der Waals surface area contributed by atoms with Gasteiger partial charge in [0.05, 0.1) is 0 Å². The van der Waals surface area contributed by atoms with Crippen LogP contribution in [0.4, 0.5) is 0 Å². The van der Waals surface area contributed by atoms with Gasteiger partial charge < -0.3 is 0 Å². The van der Waals surface area contributed by atoms with E-state index in [1.54, 1.807) is 0 Å². The van der Waals surface area contributed by atoms with Crippen LogP contribution in [0.15, 0.2) is 60.3 Å². The van der Waals surface area contributed by atoms with Crippen molar-refractivity contribution in [1.82, 2.24) is 0 Å². The van der Waals surface area contributed by atoms with Crippen molar-refractivity contribution >= 4 is 0 Å². The molecule has 0 aromatic carbocycles. The maximum Gasteiger partial charge on any atom is -0.0236 e. The molecule has 0 aromatic heterocycles. The zero-order chi connectivity index (χ0) is 11.8. The minimum atomic E-state index is 1.15. The molecular weight excluding hydrogens is 180 g/mol. The van der Waals surface area contributed by atoms with Crippen LogP contribution in [0.1, 0.15) is 33.6 Å². The quantitative estimate of drug-likeness (QED) is 0.437. The summed E-state index contributed by atoms with van der Waals surface area (Å²) in [6.07, 6.45) is 8.85. The Morgan fingerprint density at radius 2 is 1.87 bits per heavy atom. The molecule has 0 atom stereocenters. The SMILES string of the molecule is C=C.C=C(C1=CC=C(C)CC1)/C(C)=C\C. The zero-order valence-electron chi connectivity index (χ0n) is 10.3. The van der Waals surface area contributed by atoms with Crippen LogP contribution in [-0.4, -0.2) is 0 Å². The van der Waals surface area contributed by atoms with Gasteiger partial charge in [0, 0.05) is 0 Å². The lowest BCUT2D eigenvalue weighted by Gasteiger charge is -2.14. The van der Waals surface area contributed by atoms with Gasteiger partial charge in [-0.15, -0.1) is 13.2 Å². The Morgan fingerprint density at radius 1 is 1.27 bits per heavy atom. The number of hydrogen-bond acceptors (Lipinski definition) is 0. The lowest BCUT2D eigenvalue weighted by molar-refractivity contribution is 0.915. The van der Waals surface area contributed by atoms with Crippen LogP contribution in [0.3, 0.4) is 0 Å². The van der Waals surface area contributed by atoms with Crippen LogP contribution in [0.2, 0.25) is 0 Å². The van der Waals surface area contributed by atoms with E-state index < -0.39 is 0 Å². The fourth-order valence-corrected chi connectivity index (χ4v) is 1.42. The van der Waals surface area contributed by atoms with Crippen molar-refractivity contribution in [1.29, 1.82) is 0 Å². The lowest BCUT2D eigenvalue weighted by atomic mass is 9.91. The molecule has 0 heterocycles. The Bertz CT molecular complexity index is 311. The van der Waals surface area contributed by atoms with Gasteiger partial charge in [0.25, 0.3) is 0 Å². The van der Waals surface area contributed by atoms with Gasteiger partial charge in [-0.05, 0) is 50.3 Å². The summed E-state index contributed by atoms with van der Waals surface area (Å²) in [4.78, 5) is 0. The van der Waals surface area contributed by atoms with E-state index in [-0.39, 0.29) is 0 Å². The summed E-state index contributed by atoms with van der Waals surface area (Å²) >= 11 is 0. The molecule has 0 saturated heterocycles. The lowest BCUT2D eigenvalue weighted by Crippen LogP contribution is -1.95. The second-order valence-electron chi connectivity index (χ2n) is 3.66. The van der Waals surface area contributed by atoms with Gasteiger partial charge in [0.15, 0.2) is 0 Å². The Kier molecular flexibility index (Phi) is 6.44.